The molecule has 0 radical (unpaired) electrons. The molecule has 1 aliphatic rings. The largest absolute Gasteiger partial charge is 0.507 e. The monoisotopic (exact) mass is 463 g/mol. The summed E-state index contributed by atoms with van der Waals surface area (Å²) < 4.78 is 39.0. The number of hydrogen-bond acceptors (Lipinski definition) is 4. The zero-order valence-electron chi connectivity index (χ0n) is 20.2. The van der Waals surface area contributed by atoms with Crippen molar-refractivity contribution < 1.29 is 18.3 Å². The molecule has 1 aliphatic heterocycles. The predicted octanol–water partition coefficient (Wildman–Crippen LogP) is 4.89. The maximum atomic E-state index is 13.0. The van der Waals surface area contributed by atoms with E-state index in [4.69, 9.17) is 0 Å². The highest BCUT2D eigenvalue weighted by Gasteiger charge is 2.31. The van der Waals surface area contributed by atoms with Crippen LogP contribution in [-0.2, 0) is 6.18 Å². The van der Waals surface area contributed by atoms with Crippen molar-refractivity contribution in [3.8, 4) is 5.75 Å². The van der Waals surface area contributed by atoms with Crippen molar-refractivity contribution in [1.82, 2.24) is 15.6 Å². The molecular weight excluding hydrogens is 427 g/mol. The Hall–Kier alpha value is -2.70. The van der Waals surface area contributed by atoms with Crippen molar-refractivity contribution in [2.75, 3.05) is 6.54 Å². The smallest absolute Gasteiger partial charge is 0.416 e. The van der Waals surface area contributed by atoms with Gasteiger partial charge in [0, 0.05) is 53.1 Å². The fourth-order valence-electron chi connectivity index (χ4n) is 3.94. The Balaban J connectivity index is 0.00000187. The van der Waals surface area contributed by atoms with E-state index in [0.29, 0.717) is 29.8 Å². The molecule has 0 bridgehead atoms. The first kappa shape index (κ1) is 26.6. The highest BCUT2D eigenvalue weighted by Crippen LogP contribution is 2.34. The molecule has 2 atom stereocenters. The molecule has 2 unspecified atom stereocenters. The van der Waals surface area contributed by atoms with Gasteiger partial charge in [-0.1, -0.05) is 41.0 Å². The molecule has 0 amide bonds. The van der Waals surface area contributed by atoms with E-state index in [1.54, 1.807) is 12.4 Å². The molecule has 182 valence electrons. The van der Waals surface area contributed by atoms with Gasteiger partial charge in [0.25, 0.3) is 0 Å². The molecular formula is C26H36F3N3O. The highest BCUT2D eigenvalue weighted by atomic mass is 19.4. The molecule has 0 saturated heterocycles. The SMILES string of the molecule is CC.CCC(C)CC(CC)NC1=c2ccncc2=C(c2ccc(C(F)(F)F)cc2O)NCC1. The van der Waals surface area contributed by atoms with Crippen LogP contribution in [0.1, 0.15) is 71.4 Å². The molecule has 0 fully saturated rings. The van der Waals surface area contributed by atoms with Crippen LogP contribution in [0.4, 0.5) is 13.2 Å². The van der Waals surface area contributed by atoms with Crippen molar-refractivity contribution >= 4 is 11.4 Å². The van der Waals surface area contributed by atoms with E-state index in [-0.39, 0.29) is 0 Å². The lowest BCUT2D eigenvalue weighted by Crippen LogP contribution is -2.37. The van der Waals surface area contributed by atoms with E-state index in [2.05, 4.69) is 36.4 Å². The third kappa shape index (κ3) is 6.65. The fourth-order valence-corrected chi connectivity index (χ4v) is 3.94. The van der Waals surface area contributed by atoms with Crippen molar-refractivity contribution in [3.63, 3.8) is 0 Å². The first-order valence-electron chi connectivity index (χ1n) is 11.8. The second-order valence-electron chi connectivity index (χ2n) is 8.18. The predicted molar refractivity (Wildman–Crippen MR) is 128 cm³/mol. The summed E-state index contributed by atoms with van der Waals surface area (Å²) in [6.07, 6.45) is 2.83. The van der Waals surface area contributed by atoms with Gasteiger partial charge in [0.1, 0.15) is 5.75 Å². The van der Waals surface area contributed by atoms with E-state index in [1.165, 1.54) is 6.07 Å². The quantitative estimate of drug-likeness (QED) is 0.547. The standard InChI is InChI=1S/C24H30F3N3O.C2H6/c1-4-15(3)12-17(5-2)30-21-9-11-29-23(20-14-28-10-8-18(20)21)19-7-6-16(13-22(19)31)24(25,26)27;1-2/h6-8,10,13-15,17,29-31H,4-5,9,11-12H2,1-3H3;1-2H3. The average molecular weight is 464 g/mol. The lowest BCUT2D eigenvalue weighted by molar-refractivity contribution is -0.137. The summed E-state index contributed by atoms with van der Waals surface area (Å²) >= 11 is 0. The van der Waals surface area contributed by atoms with Gasteiger partial charge in [0.2, 0.25) is 0 Å². The van der Waals surface area contributed by atoms with Crippen molar-refractivity contribution in [1.29, 1.82) is 0 Å². The van der Waals surface area contributed by atoms with Gasteiger partial charge in [-0.3, -0.25) is 4.98 Å². The van der Waals surface area contributed by atoms with E-state index in [0.717, 1.165) is 54.0 Å². The summed E-state index contributed by atoms with van der Waals surface area (Å²) in [5, 5.41) is 19.1. The highest BCUT2D eigenvalue weighted by molar-refractivity contribution is 5.70. The summed E-state index contributed by atoms with van der Waals surface area (Å²) in [6, 6.07) is 5.33. The number of aromatic nitrogens is 1. The summed E-state index contributed by atoms with van der Waals surface area (Å²) in [6.45, 7) is 11.2. The van der Waals surface area contributed by atoms with Crippen LogP contribution in [-0.4, -0.2) is 22.7 Å². The molecule has 1 aromatic carbocycles. The zero-order chi connectivity index (χ0) is 24.6. The van der Waals surface area contributed by atoms with E-state index in [1.807, 2.05) is 19.9 Å². The lowest BCUT2D eigenvalue weighted by atomic mass is 9.97. The minimum Gasteiger partial charge on any atom is -0.507 e. The number of phenols is 1. The van der Waals surface area contributed by atoms with Gasteiger partial charge >= 0.3 is 6.18 Å². The minimum atomic E-state index is -4.51. The number of hydrogen-bond donors (Lipinski definition) is 3. The average Bonchev–Trinajstić information content (AvgIpc) is 2.98. The van der Waals surface area contributed by atoms with E-state index in [9.17, 15) is 18.3 Å². The fraction of sp³-hybridized carbons (Fsp3) is 0.500. The molecule has 0 aliphatic carbocycles. The number of alkyl halides is 3. The second kappa shape index (κ2) is 12.0. The molecule has 4 nitrogen and oxygen atoms in total. The van der Waals surface area contributed by atoms with Crippen molar-refractivity contribution in [3.05, 3.63) is 58.2 Å². The van der Waals surface area contributed by atoms with Crippen LogP contribution in [0.2, 0.25) is 0 Å². The Bertz CT molecular complexity index is 1030. The Morgan fingerprint density at radius 2 is 1.85 bits per heavy atom. The zero-order valence-corrected chi connectivity index (χ0v) is 20.2. The number of benzene rings is 1. The Morgan fingerprint density at radius 3 is 2.45 bits per heavy atom. The topological polar surface area (TPSA) is 57.2 Å². The molecule has 1 aromatic heterocycles. The number of nitrogens with zero attached hydrogens (tertiary/aromatic N) is 1. The lowest BCUT2D eigenvalue weighted by Gasteiger charge is -2.23. The third-order valence-electron chi connectivity index (χ3n) is 5.94. The maximum Gasteiger partial charge on any atom is 0.416 e. The number of pyridine rings is 1. The molecule has 0 spiro atoms. The van der Waals surface area contributed by atoms with Crippen LogP contribution in [0.25, 0.3) is 11.4 Å². The van der Waals surface area contributed by atoms with Gasteiger partial charge in [-0.2, -0.15) is 13.2 Å². The first-order chi connectivity index (χ1) is 15.7. The molecule has 0 saturated carbocycles. The summed E-state index contributed by atoms with van der Waals surface area (Å²) in [5.74, 6) is 0.205. The van der Waals surface area contributed by atoms with Crippen LogP contribution in [0.15, 0.2) is 36.7 Å². The molecule has 3 N–H and O–H groups in total. The van der Waals surface area contributed by atoms with Gasteiger partial charge in [-0.25, -0.2) is 0 Å². The molecule has 3 rings (SSSR count). The van der Waals surface area contributed by atoms with Gasteiger partial charge < -0.3 is 15.7 Å². The number of halogens is 3. The Morgan fingerprint density at radius 1 is 1.12 bits per heavy atom. The second-order valence-corrected chi connectivity index (χ2v) is 8.18. The number of nitrogens with one attached hydrogen (secondary N) is 2. The van der Waals surface area contributed by atoms with Crippen LogP contribution < -0.4 is 21.1 Å². The van der Waals surface area contributed by atoms with Crippen LogP contribution in [0, 0.1) is 5.92 Å². The van der Waals surface area contributed by atoms with Gasteiger partial charge in [-0.05, 0) is 43.0 Å². The van der Waals surface area contributed by atoms with Gasteiger partial charge in [-0.15, -0.1) is 0 Å². The number of aromatic hydroxyl groups is 1. The minimum absolute atomic E-state index is 0.329. The van der Waals surface area contributed by atoms with Crippen molar-refractivity contribution in [2.45, 2.75) is 72.5 Å². The summed E-state index contributed by atoms with van der Waals surface area (Å²) in [7, 11) is 0. The number of rotatable bonds is 7. The van der Waals surface area contributed by atoms with Crippen molar-refractivity contribution in [2.24, 2.45) is 5.92 Å². The van der Waals surface area contributed by atoms with Gasteiger partial charge in [0.15, 0.2) is 0 Å². The molecule has 7 heteroatoms. The Kier molecular flexibility index (Phi) is 9.62. The maximum absolute atomic E-state index is 13.0. The third-order valence-corrected chi connectivity index (χ3v) is 5.94. The first-order valence-corrected chi connectivity index (χ1v) is 11.8. The van der Waals surface area contributed by atoms with Crippen LogP contribution in [0.3, 0.4) is 0 Å². The van der Waals surface area contributed by atoms with Gasteiger partial charge in [0.05, 0.1) is 11.3 Å². The summed E-state index contributed by atoms with van der Waals surface area (Å²) in [5.41, 5.74) is 1.12. The van der Waals surface area contributed by atoms with Crippen LogP contribution >= 0.6 is 0 Å². The molecule has 2 aromatic rings. The number of fused-ring (bicyclic) bond motifs is 1. The van der Waals surface area contributed by atoms with Crippen LogP contribution in [0.5, 0.6) is 5.75 Å². The Labute approximate surface area is 194 Å². The molecule has 2 heterocycles. The van der Waals surface area contributed by atoms with E-state index >= 15 is 0 Å². The number of phenolic OH excluding ortho intramolecular Hbond substituents is 1. The molecule has 33 heavy (non-hydrogen) atoms. The summed E-state index contributed by atoms with van der Waals surface area (Å²) in [4.78, 5) is 4.23. The normalized spacial score (nSPS) is 15.4. The van der Waals surface area contributed by atoms with E-state index < -0.39 is 17.5 Å².